The average Bonchev–Trinajstić information content (AvgIpc) is 3.50. The number of hydrogen-bond acceptors (Lipinski definition) is 7. The number of nitro benzene ring substituents is 1. The van der Waals surface area contributed by atoms with Crippen molar-refractivity contribution in [3.63, 3.8) is 0 Å². The molecule has 4 fully saturated rings. The molecule has 2 aromatic carbocycles. The molecule has 9 heteroatoms. The first-order valence-electron chi connectivity index (χ1n) is 12.8. The summed E-state index contributed by atoms with van der Waals surface area (Å²) in [7, 11) is -0.310. The minimum Gasteiger partial charge on any atom is -0.464 e. The molecule has 1 N–H and O–H groups in total. The van der Waals surface area contributed by atoms with Crippen LogP contribution in [0, 0.1) is 27.4 Å². The Bertz CT molecular complexity index is 1250. The number of nitrogens with one attached hydrogen (secondary N) is 1. The fourth-order valence-electron chi connectivity index (χ4n) is 6.29. The molecule has 7 nitrogen and oxygen atoms in total. The summed E-state index contributed by atoms with van der Waals surface area (Å²) in [5.41, 5.74) is 3.57. The molecule has 5 atom stereocenters. The summed E-state index contributed by atoms with van der Waals surface area (Å²) >= 11 is 1.65. The molecule has 4 aliphatic rings. The molecule has 3 aromatic rings. The molecule has 0 amide bonds. The molecule has 3 aliphatic carbocycles. The normalized spacial score (nSPS) is 27.0. The number of benzene rings is 2. The number of non-ortho nitro benzene ring substituents is 1. The van der Waals surface area contributed by atoms with Gasteiger partial charge < -0.3 is 13.7 Å². The fourth-order valence-corrected chi connectivity index (χ4v) is 7.16. The van der Waals surface area contributed by atoms with Crippen LogP contribution in [0.25, 0.3) is 11.0 Å². The highest BCUT2D eigenvalue weighted by molar-refractivity contribution is 7.97. The van der Waals surface area contributed by atoms with Gasteiger partial charge in [-0.3, -0.25) is 14.8 Å². The largest absolute Gasteiger partial charge is 0.477 e. The molecular formula is C27H31BN2O5S. The highest BCUT2D eigenvalue weighted by Gasteiger charge is 2.62. The van der Waals surface area contributed by atoms with Crippen LogP contribution in [0.15, 0.2) is 59.2 Å². The maximum atomic E-state index is 10.9. The SMILES string of the molecule is CC1(C)C2C[C@H]1CC1OB([C@H](Cc3coc4ccccc34)NSCCc3ccc([N+](=O)[O-])cc3)OC12. The minimum absolute atomic E-state index is 0.0289. The predicted molar refractivity (Wildman–Crippen MR) is 142 cm³/mol. The second kappa shape index (κ2) is 9.52. The number of para-hydroxylation sites is 1. The van der Waals surface area contributed by atoms with Crippen LogP contribution in [0.3, 0.4) is 0 Å². The third-order valence-corrected chi connectivity index (χ3v) is 9.51. The molecule has 1 aromatic heterocycles. The van der Waals surface area contributed by atoms with Gasteiger partial charge in [0.05, 0.1) is 29.3 Å². The van der Waals surface area contributed by atoms with Crippen LogP contribution in [-0.4, -0.2) is 35.9 Å². The summed E-state index contributed by atoms with van der Waals surface area (Å²) in [4.78, 5) is 10.5. The van der Waals surface area contributed by atoms with E-state index < -0.39 is 0 Å². The van der Waals surface area contributed by atoms with Crippen LogP contribution in [-0.2, 0) is 22.2 Å². The van der Waals surface area contributed by atoms with Gasteiger partial charge in [0.25, 0.3) is 5.69 Å². The minimum atomic E-state index is -0.367. The lowest BCUT2D eigenvalue weighted by molar-refractivity contribution is -0.384. The van der Waals surface area contributed by atoms with E-state index in [0.29, 0.717) is 11.3 Å². The standard InChI is InChI=1S/C27H31BN2O5S/c1-27(2)19-14-22(27)26-24(15-19)34-28(35-26)25(13-18-16-33-23-6-4-3-5-21(18)23)29-36-12-11-17-7-9-20(10-8-17)30(31)32/h3-10,16,19,22,24-26,29H,11-15H2,1-2H3/t19-,22?,24?,25-,26?/m0/s1. The number of rotatable bonds is 9. The highest BCUT2D eigenvalue weighted by Crippen LogP contribution is 2.61. The Kier molecular flexibility index (Phi) is 6.36. The zero-order valence-corrected chi connectivity index (χ0v) is 21.4. The van der Waals surface area contributed by atoms with Crippen LogP contribution in [0.1, 0.15) is 37.8 Å². The third-order valence-electron chi connectivity index (χ3n) is 8.63. The van der Waals surface area contributed by atoms with E-state index in [9.17, 15) is 10.1 Å². The Morgan fingerprint density at radius 1 is 1.17 bits per heavy atom. The zero-order valence-electron chi connectivity index (χ0n) is 20.6. The number of aryl methyl sites for hydroxylation is 1. The van der Waals surface area contributed by atoms with Gasteiger partial charge in [-0.25, -0.2) is 0 Å². The first-order chi connectivity index (χ1) is 17.4. The quantitative estimate of drug-likeness (QED) is 0.133. The van der Waals surface area contributed by atoms with E-state index in [2.05, 4.69) is 24.6 Å². The Hall–Kier alpha value is -2.33. The van der Waals surface area contributed by atoms with E-state index in [1.807, 2.05) is 36.6 Å². The van der Waals surface area contributed by atoms with Crippen molar-refractivity contribution in [2.45, 2.75) is 57.7 Å². The monoisotopic (exact) mass is 506 g/mol. The Morgan fingerprint density at radius 3 is 2.75 bits per heavy atom. The van der Waals surface area contributed by atoms with Gasteiger partial charge in [0.2, 0.25) is 0 Å². The van der Waals surface area contributed by atoms with Crippen molar-refractivity contribution in [3.8, 4) is 0 Å². The number of hydrogen-bond donors (Lipinski definition) is 1. The van der Waals surface area contributed by atoms with Gasteiger partial charge >= 0.3 is 7.12 Å². The summed E-state index contributed by atoms with van der Waals surface area (Å²) in [6, 6.07) is 14.9. The van der Waals surface area contributed by atoms with Gasteiger partial charge in [0.15, 0.2) is 0 Å². The molecule has 0 spiro atoms. The van der Waals surface area contributed by atoms with E-state index in [1.54, 1.807) is 24.1 Å². The van der Waals surface area contributed by atoms with E-state index in [0.717, 1.165) is 53.0 Å². The summed E-state index contributed by atoms with van der Waals surface area (Å²) < 4.78 is 22.6. The maximum absolute atomic E-state index is 10.9. The van der Waals surface area contributed by atoms with Gasteiger partial charge in [-0.05, 0) is 60.1 Å². The van der Waals surface area contributed by atoms with Gasteiger partial charge in [-0.15, -0.1) is 0 Å². The first kappa shape index (κ1) is 24.0. The molecule has 2 heterocycles. The zero-order chi connectivity index (χ0) is 24.9. The summed E-state index contributed by atoms with van der Waals surface area (Å²) in [5.74, 6) is 2.10. The second-order valence-corrected chi connectivity index (χ2v) is 11.9. The predicted octanol–water partition coefficient (Wildman–Crippen LogP) is 5.61. The highest BCUT2D eigenvalue weighted by atomic mass is 32.2. The van der Waals surface area contributed by atoms with Crippen molar-refractivity contribution in [3.05, 3.63) is 76.0 Å². The van der Waals surface area contributed by atoms with E-state index in [4.69, 9.17) is 13.7 Å². The molecule has 3 saturated carbocycles. The second-order valence-electron chi connectivity index (χ2n) is 10.9. The van der Waals surface area contributed by atoms with E-state index in [1.165, 1.54) is 6.42 Å². The van der Waals surface area contributed by atoms with Crippen LogP contribution < -0.4 is 4.72 Å². The topological polar surface area (TPSA) is 86.8 Å². The van der Waals surface area contributed by atoms with Crippen molar-refractivity contribution in [1.29, 1.82) is 0 Å². The lowest BCUT2D eigenvalue weighted by Gasteiger charge is -2.60. The van der Waals surface area contributed by atoms with Gasteiger partial charge in [0, 0.05) is 23.3 Å². The number of nitrogens with zero attached hydrogens (tertiary/aromatic N) is 1. The van der Waals surface area contributed by atoms with E-state index in [-0.39, 0.29) is 35.9 Å². The number of furan rings is 1. The van der Waals surface area contributed by atoms with Crippen LogP contribution in [0.4, 0.5) is 5.69 Å². The summed E-state index contributed by atoms with van der Waals surface area (Å²) in [6.45, 7) is 4.75. The maximum Gasteiger partial charge on any atom is 0.477 e. The summed E-state index contributed by atoms with van der Waals surface area (Å²) in [6.07, 6.45) is 6.09. The Balaban J connectivity index is 1.13. The van der Waals surface area contributed by atoms with Crippen molar-refractivity contribution in [2.24, 2.45) is 17.3 Å². The van der Waals surface area contributed by atoms with Gasteiger partial charge in [-0.2, -0.15) is 0 Å². The molecule has 7 rings (SSSR count). The van der Waals surface area contributed by atoms with Gasteiger partial charge in [-0.1, -0.05) is 56.1 Å². The van der Waals surface area contributed by atoms with Crippen molar-refractivity contribution < 1.29 is 18.6 Å². The average molecular weight is 506 g/mol. The molecule has 188 valence electrons. The molecule has 2 bridgehead atoms. The lowest BCUT2D eigenvalue weighted by atomic mass is 9.47. The molecule has 0 radical (unpaired) electrons. The van der Waals surface area contributed by atoms with Crippen LogP contribution in [0.2, 0.25) is 0 Å². The molecular weight excluding hydrogens is 475 g/mol. The summed E-state index contributed by atoms with van der Waals surface area (Å²) in [5, 5.41) is 12.0. The smallest absolute Gasteiger partial charge is 0.464 e. The molecule has 1 aliphatic heterocycles. The number of fused-ring (bicyclic) bond motifs is 1. The lowest BCUT2D eigenvalue weighted by Crippen LogP contribution is -2.59. The van der Waals surface area contributed by atoms with Crippen molar-refractivity contribution >= 4 is 35.7 Å². The van der Waals surface area contributed by atoms with Crippen molar-refractivity contribution in [1.82, 2.24) is 4.72 Å². The third kappa shape index (κ3) is 4.36. The van der Waals surface area contributed by atoms with E-state index >= 15 is 0 Å². The van der Waals surface area contributed by atoms with Crippen molar-refractivity contribution in [2.75, 3.05) is 5.75 Å². The van der Waals surface area contributed by atoms with Crippen LogP contribution in [0.5, 0.6) is 0 Å². The Morgan fingerprint density at radius 2 is 1.97 bits per heavy atom. The molecule has 1 saturated heterocycles. The van der Waals surface area contributed by atoms with Crippen LogP contribution >= 0.6 is 11.9 Å². The Labute approximate surface area is 215 Å². The fraction of sp³-hybridized carbons (Fsp3) is 0.481. The molecule has 3 unspecified atom stereocenters. The number of nitro groups is 1. The first-order valence-corrected chi connectivity index (χ1v) is 13.8. The molecule has 36 heavy (non-hydrogen) atoms. The van der Waals surface area contributed by atoms with Gasteiger partial charge in [0.1, 0.15) is 5.58 Å².